The van der Waals surface area contributed by atoms with Crippen LogP contribution in [0.3, 0.4) is 0 Å². The third kappa shape index (κ3) is 3.20. The van der Waals surface area contributed by atoms with Crippen molar-refractivity contribution in [3.8, 4) is 17.2 Å². The van der Waals surface area contributed by atoms with Gasteiger partial charge in [0.25, 0.3) is 0 Å². The number of methoxy groups -OCH3 is 1. The second-order valence-corrected chi connectivity index (χ2v) is 4.18. The molecule has 0 atom stereocenters. The number of ether oxygens (including phenoxy) is 2. The van der Waals surface area contributed by atoms with Crippen LogP contribution in [0.1, 0.15) is 6.92 Å². The molecule has 5 heteroatoms. The van der Waals surface area contributed by atoms with Crippen molar-refractivity contribution < 1.29 is 14.3 Å². The number of nitrogens with one attached hydrogen (secondary N) is 1. The van der Waals surface area contributed by atoms with Gasteiger partial charge in [-0.3, -0.25) is 4.79 Å². The minimum atomic E-state index is -0.163. The summed E-state index contributed by atoms with van der Waals surface area (Å²) in [4.78, 5) is 11.2. The summed E-state index contributed by atoms with van der Waals surface area (Å²) in [5.41, 5.74) is 6.96. The fourth-order valence-electron chi connectivity index (χ4n) is 1.71. The molecule has 3 N–H and O–H groups in total. The number of amides is 1. The number of carbonyl (C=O) groups is 1. The number of hydrogen-bond donors (Lipinski definition) is 2. The van der Waals surface area contributed by atoms with Crippen molar-refractivity contribution in [1.82, 2.24) is 0 Å². The summed E-state index contributed by atoms with van der Waals surface area (Å²) in [6.07, 6.45) is 0. The number of para-hydroxylation sites is 2. The quantitative estimate of drug-likeness (QED) is 0.839. The van der Waals surface area contributed by atoms with Crippen LogP contribution in [0.5, 0.6) is 17.2 Å². The molecule has 2 rings (SSSR count). The first-order chi connectivity index (χ1) is 9.60. The molecule has 0 aliphatic heterocycles. The maximum Gasteiger partial charge on any atom is 0.221 e. The third-order valence-electron chi connectivity index (χ3n) is 2.63. The number of hydrogen-bond acceptors (Lipinski definition) is 4. The summed E-state index contributed by atoms with van der Waals surface area (Å²) in [6.45, 7) is 1.44. The molecule has 20 heavy (non-hydrogen) atoms. The summed E-state index contributed by atoms with van der Waals surface area (Å²) in [7, 11) is 1.57. The average Bonchev–Trinajstić information content (AvgIpc) is 2.42. The molecule has 0 saturated carbocycles. The van der Waals surface area contributed by atoms with Crippen molar-refractivity contribution in [3.63, 3.8) is 0 Å². The Bertz CT molecular complexity index is 626. The lowest BCUT2D eigenvalue weighted by Crippen LogP contribution is -2.07. The van der Waals surface area contributed by atoms with Gasteiger partial charge >= 0.3 is 0 Å². The summed E-state index contributed by atoms with van der Waals surface area (Å²) in [5, 5.41) is 2.71. The molecule has 0 aliphatic rings. The number of nitrogen functional groups attached to an aromatic ring is 1. The second-order valence-electron chi connectivity index (χ2n) is 4.18. The molecular weight excluding hydrogens is 256 g/mol. The summed E-state index contributed by atoms with van der Waals surface area (Å²) >= 11 is 0. The fraction of sp³-hybridized carbons (Fsp3) is 0.133. The smallest absolute Gasteiger partial charge is 0.221 e. The molecule has 2 aromatic rings. The van der Waals surface area contributed by atoms with Crippen molar-refractivity contribution in [1.29, 1.82) is 0 Å². The van der Waals surface area contributed by atoms with Crippen molar-refractivity contribution in [2.75, 3.05) is 18.2 Å². The Hall–Kier alpha value is -2.69. The first-order valence-corrected chi connectivity index (χ1v) is 6.08. The molecule has 0 spiro atoms. The minimum Gasteiger partial charge on any atom is -0.497 e. The van der Waals surface area contributed by atoms with Crippen molar-refractivity contribution in [2.24, 2.45) is 0 Å². The van der Waals surface area contributed by atoms with Gasteiger partial charge in [0.2, 0.25) is 5.91 Å². The van der Waals surface area contributed by atoms with Gasteiger partial charge in [0, 0.05) is 13.0 Å². The summed E-state index contributed by atoms with van der Waals surface area (Å²) in [5.74, 6) is 1.52. The molecule has 0 heterocycles. The van der Waals surface area contributed by atoms with Crippen LogP contribution in [0.4, 0.5) is 11.4 Å². The first-order valence-electron chi connectivity index (χ1n) is 6.08. The highest BCUT2D eigenvalue weighted by Gasteiger charge is 2.08. The monoisotopic (exact) mass is 272 g/mol. The second kappa shape index (κ2) is 5.97. The standard InChI is InChI=1S/C15H16N2O3/c1-10(18)17-13-5-3-4-6-15(13)20-14-8-7-11(19-2)9-12(14)16/h3-9H,16H2,1-2H3,(H,17,18). The molecule has 104 valence electrons. The first kappa shape index (κ1) is 13.7. The van der Waals surface area contributed by atoms with Gasteiger partial charge in [-0.05, 0) is 24.3 Å². The predicted molar refractivity (Wildman–Crippen MR) is 78.2 cm³/mol. The molecular formula is C15H16N2O3. The molecule has 0 aliphatic carbocycles. The Labute approximate surface area is 117 Å². The van der Waals surface area contributed by atoms with Gasteiger partial charge < -0.3 is 20.5 Å². The molecule has 0 radical (unpaired) electrons. The van der Waals surface area contributed by atoms with Crippen molar-refractivity contribution in [2.45, 2.75) is 6.92 Å². The highest BCUT2D eigenvalue weighted by molar-refractivity contribution is 5.90. The predicted octanol–water partition coefficient (Wildman–Crippen LogP) is 3.03. The van der Waals surface area contributed by atoms with Crippen LogP contribution < -0.4 is 20.5 Å². The van der Waals surface area contributed by atoms with E-state index in [4.69, 9.17) is 15.2 Å². The Morgan fingerprint density at radius 3 is 2.55 bits per heavy atom. The Morgan fingerprint density at radius 1 is 1.15 bits per heavy atom. The lowest BCUT2D eigenvalue weighted by molar-refractivity contribution is -0.114. The molecule has 0 aromatic heterocycles. The van der Waals surface area contributed by atoms with E-state index in [1.807, 2.05) is 12.1 Å². The van der Waals surface area contributed by atoms with Crippen molar-refractivity contribution >= 4 is 17.3 Å². The number of benzene rings is 2. The van der Waals surface area contributed by atoms with Gasteiger partial charge in [0.1, 0.15) is 5.75 Å². The van der Waals surface area contributed by atoms with Crippen LogP contribution in [0.15, 0.2) is 42.5 Å². The van der Waals surface area contributed by atoms with E-state index in [0.717, 1.165) is 0 Å². The van der Waals surface area contributed by atoms with Crippen LogP contribution >= 0.6 is 0 Å². The Balaban J connectivity index is 2.28. The fourth-order valence-corrected chi connectivity index (χ4v) is 1.71. The third-order valence-corrected chi connectivity index (χ3v) is 2.63. The molecule has 0 fully saturated rings. The van der Waals surface area contributed by atoms with E-state index in [2.05, 4.69) is 5.32 Å². The van der Waals surface area contributed by atoms with Gasteiger partial charge in [-0.15, -0.1) is 0 Å². The maximum absolute atomic E-state index is 11.2. The van der Waals surface area contributed by atoms with E-state index >= 15 is 0 Å². The highest BCUT2D eigenvalue weighted by atomic mass is 16.5. The normalized spacial score (nSPS) is 9.90. The largest absolute Gasteiger partial charge is 0.497 e. The van der Waals surface area contributed by atoms with Crippen LogP contribution in [-0.2, 0) is 4.79 Å². The topological polar surface area (TPSA) is 73.6 Å². The van der Waals surface area contributed by atoms with Gasteiger partial charge in [0.05, 0.1) is 18.5 Å². The van der Waals surface area contributed by atoms with E-state index in [0.29, 0.717) is 28.6 Å². The van der Waals surface area contributed by atoms with Crippen LogP contribution in [0.25, 0.3) is 0 Å². The van der Waals surface area contributed by atoms with Gasteiger partial charge in [0.15, 0.2) is 11.5 Å². The number of rotatable bonds is 4. The van der Waals surface area contributed by atoms with Crippen LogP contribution in [0, 0.1) is 0 Å². The lowest BCUT2D eigenvalue weighted by atomic mass is 10.2. The van der Waals surface area contributed by atoms with E-state index in [9.17, 15) is 4.79 Å². The molecule has 2 aromatic carbocycles. The zero-order valence-electron chi connectivity index (χ0n) is 11.3. The van der Waals surface area contributed by atoms with E-state index in [1.54, 1.807) is 37.4 Å². The molecule has 5 nitrogen and oxygen atoms in total. The number of carbonyl (C=O) groups excluding carboxylic acids is 1. The lowest BCUT2D eigenvalue weighted by Gasteiger charge is -2.13. The van der Waals surface area contributed by atoms with Crippen molar-refractivity contribution in [3.05, 3.63) is 42.5 Å². The minimum absolute atomic E-state index is 0.163. The van der Waals surface area contributed by atoms with Crippen LogP contribution in [0.2, 0.25) is 0 Å². The zero-order chi connectivity index (χ0) is 14.5. The SMILES string of the molecule is COc1ccc(Oc2ccccc2NC(C)=O)c(N)c1. The van der Waals surface area contributed by atoms with Gasteiger partial charge in [-0.1, -0.05) is 12.1 Å². The van der Waals surface area contributed by atoms with Gasteiger partial charge in [-0.25, -0.2) is 0 Å². The molecule has 1 amide bonds. The van der Waals surface area contributed by atoms with Crippen LogP contribution in [-0.4, -0.2) is 13.0 Å². The summed E-state index contributed by atoms with van der Waals surface area (Å²) in [6, 6.07) is 12.3. The zero-order valence-corrected chi connectivity index (χ0v) is 11.3. The Kier molecular flexibility index (Phi) is 4.10. The van der Waals surface area contributed by atoms with E-state index in [1.165, 1.54) is 6.92 Å². The molecule has 0 saturated heterocycles. The number of nitrogens with two attached hydrogens (primary N) is 1. The maximum atomic E-state index is 11.2. The number of anilines is 2. The average molecular weight is 272 g/mol. The molecule has 0 unspecified atom stereocenters. The van der Waals surface area contributed by atoms with E-state index in [-0.39, 0.29) is 5.91 Å². The summed E-state index contributed by atoms with van der Waals surface area (Å²) < 4.78 is 10.8. The Morgan fingerprint density at radius 2 is 1.90 bits per heavy atom. The van der Waals surface area contributed by atoms with E-state index < -0.39 is 0 Å². The highest BCUT2D eigenvalue weighted by Crippen LogP contribution is 2.34. The van der Waals surface area contributed by atoms with Gasteiger partial charge in [-0.2, -0.15) is 0 Å². The molecule has 0 bridgehead atoms.